The lowest BCUT2D eigenvalue weighted by Gasteiger charge is -2.30. The van der Waals surface area contributed by atoms with Crippen LogP contribution in [0.5, 0.6) is 0 Å². The fourth-order valence-corrected chi connectivity index (χ4v) is 3.65. The van der Waals surface area contributed by atoms with Gasteiger partial charge in [0.1, 0.15) is 5.82 Å². The minimum absolute atomic E-state index is 0.0345. The normalized spacial score (nSPS) is 15.1. The van der Waals surface area contributed by atoms with Crippen LogP contribution in [0.25, 0.3) is 11.4 Å². The highest BCUT2D eigenvalue weighted by molar-refractivity contribution is 9.10. The van der Waals surface area contributed by atoms with Crippen LogP contribution in [-0.4, -0.2) is 34.0 Å². The molecule has 138 valence electrons. The zero-order valence-electron chi connectivity index (χ0n) is 14.4. The Morgan fingerprint density at radius 1 is 1.15 bits per heavy atom. The van der Waals surface area contributed by atoms with Crippen molar-refractivity contribution < 1.29 is 13.7 Å². The Morgan fingerprint density at radius 3 is 2.59 bits per heavy atom. The number of benzene rings is 2. The molecule has 7 heteroatoms. The molecule has 1 saturated heterocycles. The summed E-state index contributed by atoms with van der Waals surface area (Å²) in [5, 5.41) is 4.01. The van der Waals surface area contributed by atoms with Crippen molar-refractivity contribution in [3.8, 4) is 11.4 Å². The zero-order valence-corrected chi connectivity index (χ0v) is 16.0. The maximum absolute atomic E-state index is 13.0. The van der Waals surface area contributed by atoms with Crippen molar-refractivity contribution in [1.82, 2.24) is 15.0 Å². The maximum Gasteiger partial charge on any atom is 0.253 e. The van der Waals surface area contributed by atoms with Crippen molar-refractivity contribution >= 4 is 21.8 Å². The molecule has 2 heterocycles. The molecule has 1 aliphatic heterocycles. The Hall–Kier alpha value is -2.54. The van der Waals surface area contributed by atoms with E-state index in [4.69, 9.17) is 4.52 Å². The molecule has 1 fully saturated rings. The van der Waals surface area contributed by atoms with Crippen LogP contribution in [-0.2, 0) is 0 Å². The van der Waals surface area contributed by atoms with Crippen molar-refractivity contribution in [3.05, 3.63) is 70.3 Å². The molecule has 0 N–H and O–H groups in total. The first-order chi connectivity index (χ1) is 13.1. The monoisotopic (exact) mass is 429 g/mol. The van der Waals surface area contributed by atoms with Crippen LogP contribution in [0.15, 0.2) is 57.5 Å². The Bertz CT molecular complexity index is 950. The summed E-state index contributed by atoms with van der Waals surface area (Å²) < 4.78 is 19.4. The van der Waals surface area contributed by atoms with E-state index < -0.39 is 0 Å². The van der Waals surface area contributed by atoms with Crippen molar-refractivity contribution in [3.63, 3.8) is 0 Å². The predicted molar refractivity (Wildman–Crippen MR) is 102 cm³/mol. The Balaban J connectivity index is 1.41. The molecule has 1 amide bonds. The topological polar surface area (TPSA) is 59.2 Å². The third-order valence-electron chi connectivity index (χ3n) is 4.75. The summed E-state index contributed by atoms with van der Waals surface area (Å²) in [5.74, 6) is 0.886. The third kappa shape index (κ3) is 3.93. The standard InChI is InChI=1S/C20H17BrFN3O2/c21-16-3-1-2-15(12-16)20(26)25-10-8-14(9-11-25)19-23-18(24-27-19)13-4-6-17(22)7-5-13/h1-7,12,14H,8-11H2. The number of halogens is 2. The van der Waals surface area contributed by atoms with Crippen molar-refractivity contribution in [2.75, 3.05) is 13.1 Å². The Labute approximate surface area is 164 Å². The van der Waals surface area contributed by atoms with E-state index in [9.17, 15) is 9.18 Å². The van der Waals surface area contributed by atoms with E-state index in [2.05, 4.69) is 26.1 Å². The van der Waals surface area contributed by atoms with E-state index in [1.165, 1.54) is 12.1 Å². The lowest BCUT2D eigenvalue weighted by atomic mass is 9.96. The molecule has 0 aliphatic carbocycles. The maximum atomic E-state index is 13.0. The predicted octanol–water partition coefficient (Wildman–Crippen LogP) is 4.66. The highest BCUT2D eigenvalue weighted by Crippen LogP contribution is 2.29. The molecule has 4 rings (SSSR count). The van der Waals surface area contributed by atoms with Gasteiger partial charge in [-0.05, 0) is 55.3 Å². The number of likely N-dealkylation sites (tertiary alicyclic amines) is 1. The minimum Gasteiger partial charge on any atom is -0.339 e. The molecule has 0 bridgehead atoms. The van der Waals surface area contributed by atoms with Crippen LogP contribution in [0.1, 0.15) is 35.0 Å². The zero-order chi connectivity index (χ0) is 18.8. The molecule has 3 aromatic rings. The molecular formula is C20H17BrFN3O2. The number of amides is 1. The summed E-state index contributed by atoms with van der Waals surface area (Å²) in [6.07, 6.45) is 1.54. The number of carbonyl (C=O) groups is 1. The quantitative estimate of drug-likeness (QED) is 0.607. The van der Waals surface area contributed by atoms with E-state index in [1.54, 1.807) is 12.1 Å². The van der Waals surface area contributed by atoms with Crippen LogP contribution >= 0.6 is 15.9 Å². The number of carbonyl (C=O) groups excluding carboxylic acids is 1. The van der Waals surface area contributed by atoms with Crippen molar-refractivity contribution in [2.45, 2.75) is 18.8 Å². The third-order valence-corrected chi connectivity index (χ3v) is 5.24. The number of hydrogen-bond donors (Lipinski definition) is 0. The van der Waals surface area contributed by atoms with Crippen LogP contribution in [0.2, 0.25) is 0 Å². The number of rotatable bonds is 3. The molecule has 1 aromatic heterocycles. The minimum atomic E-state index is -0.301. The van der Waals surface area contributed by atoms with Gasteiger partial charge in [0.2, 0.25) is 11.7 Å². The van der Waals surface area contributed by atoms with Crippen molar-refractivity contribution in [1.29, 1.82) is 0 Å². The molecule has 0 saturated carbocycles. The molecule has 1 aliphatic rings. The lowest BCUT2D eigenvalue weighted by molar-refractivity contribution is 0.0704. The Morgan fingerprint density at radius 2 is 1.89 bits per heavy atom. The number of aromatic nitrogens is 2. The second kappa shape index (κ2) is 7.60. The second-order valence-corrected chi connectivity index (χ2v) is 7.46. The molecule has 27 heavy (non-hydrogen) atoms. The Kier molecular flexibility index (Phi) is 5.03. The average molecular weight is 430 g/mol. The summed E-state index contributed by atoms with van der Waals surface area (Å²) in [7, 11) is 0. The van der Waals surface area contributed by atoms with Crippen LogP contribution < -0.4 is 0 Å². The van der Waals surface area contributed by atoms with E-state index in [1.807, 2.05) is 29.2 Å². The van der Waals surface area contributed by atoms with Gasteiger partial charge in [-0.2, -0.15) is 4.98 Å². The molecule has 5 nitrogen and oxygen atoms in total. The summed E-state index contributed by atoms with van der Waals surface area (Å²) in [6, 6.07) is 13.4. The van der Waals surface area contributed by atoms with Gasteiger partial charge in [-0.15, -0.1) is 0 Å². The van der Waals surface area contributed by atoms with E-state index in [0.29, 0.717) is 35.9 Å². The molecular weight excluding hydrogens is 413 g/mol. The van der Waals surface area contributed by atoms with Crippen LogP contribution in [0, 0.1) is 5.82 Å². The first kappa shape index (κ1) is 17.9. The van der Waals surface area contributed by atoms with E-state index in [0.717, 1.165) is 17.3 Å². The van der Waals surface area contributed by atoms with Gasteiger partial charge in [-0.25, -0.2) is 4.39 Å². The van der Waals surface area contributed by atoms with Gasteiger partial charge in [0.05, 0.1) is 0 Å². The largest absolute Gasteiger partial charge is 0.339 e. The van der Waals surface area contributed by atoms with Gasteiger partial charge in [-0.3, -0.25) is 4.79 Å². The average Bonchev–Trinajstić information content (AvgIpc) is 3.18. The first-order valence-electron chi connectivity index (χ1n) is 8.74. The van der Waals surface area contributed by atoms with Gasteiger partial charge in [0.15, 0.2) is 0 Å². The number of piperidine rings is 1. The summed E-state index contributed by atoms with van der Waals surface area (Å²) in [6.45, 7) is 1.29. The molecule has 0 spiro atoms. The van der Waals surface area contributed by atoms with Gasteiger partial charge < -0.3 is 9.42 Å². The SMILES string of the molecule is O=C(c1cccc(Br)c1)N1CCC(c2nc(-c3ccc(F)cc3)no2)CC1. The lowest BCUT2D eigenvalue weighted by Crippen LogP contribution is -2.38. The smallest absolute Gasteiger partial charge is 0.253 e. The first-order valence-corrected chi connectivity index (χ1v) is 9.54. The highest BCUT2D eigenvalue weighted by Gasteiger charge is 2.28. The van der Waals surface area contributed by atoms with E-state index >= 15 is 0 Å². The second-order valence-electron chi connectivity index (χ2n) is 6.54. The molecule has 0 atom stereocenters. The number of hydrogen-bond acceptors (Lipinski definition) is 4. The van der Waals surface area contributed by atoms with E-state index in [-0.39, 0.29) is 17.6 Å². The van der Waals surface area contributed by atoms with Crippen molar-refractivity contribution in [2.24, 2.45) is 0 Å². The molecule has 0 radical (unpaired) electrons. The van der Waals surface area contributed by atoms with Crippen LogP contribution in [0.3, 0.4) is 0 Å². The summed E-state index contributed by atoms with van der Waals surface area (Å²) in [4.78, 5) is 19.0. The van der Waals surface area contributed by atoms with Crippen LogP contribution in [0.4, 0.5) is 4.39 Å². The summed E-state index contributed by atoms with van der Waals surface area (Å²) in [5.41, 5.74) is 1.40. The highest BCUT2D eigenvalue weighted by atomic mass is 79.9. The van der Waals surface area contributed by atoms with Gasteiger partial charge in [-0.1, -0.05) is 27.2 Å². The fourth-order valence-electron chi connectivity index (χ4n) is 3.25. The molecule has 2 aromatic carbocycles. The van der Waals surface area contributed by atoms with Gasteiger partial charge >= 0.3 is 0 Å². The van der Waals surface area contributed by atoms with Gasteiger partial charge in [0, 0.05) is 34.6 Å². The fraction of sp³-hybridized carbons (Fsp3) is 0.250. The molecule has 0 unspecified atom stereocenters. The number of nitrogens with zero attached hydrogens (tertiary/aromatic N) is 3. The van der Waals surface area contributed by atoms with Gasteiger partial charge in [0.25, 0.3) is 5.91 Å². The summed E-state index contributed by atoms with van der Waals surface area (Å²) >= 11 is 3.40.